The fraction of sp³-hybridized carbons (Fsp3) is 0.286. The molecule has 1 aromatic carbocycles. The second-order valence-corrected chi connectivity index (χ2v) is 4.59. The minimum Gasteiger partial charge on any atom is -0.493 e. The highest BCUT2D eigenvalue weighted by molar-refractivity contribution is 5.63. The average Bonchev–Trinajstić information content (AvgIpc) is 2.22. The van der Waals surface area contributed by atoms with Gasteiger partial charge in [-0.1, -0.05) is 17.7 Å². The molecule has 0 saturated heterocycles. The molecule has 0 bridgehead atoms. The van der Waals surface area contributed by atoms with Crippen molar-refractivity contribution < 1.29 is 5.11 Å². The van der Waals surface area contributed by atoms with Crippen LogP contribution in [0.3, 0.4) is 0 Å². The Kier molecular flexibility index (Phi) is 3.19. The number of nitrogens with one attached hydrogen (secondary N) is 1. The highest BCUT2D eigenvalue weighted by Crippen LogP contribution is 2.25. The number of aromatic hydroxyl groups is 1. The van der Waals surface area contributed by atoms with Crippen molar-refractivity contribution in [2.45, 2.75) is 27.7 Å². The van der Waals surface area contributed by atoms with Crippen molar-refractivity contribution >= 4 is 11.6 Å². The normalized spacial score (nSPS) is 10.4. The van der Waals surface area contributed by atoms with Crippen LogP contribution in [0.4, 0.5) is 11.6 Å². The lowest BCUT2D eigenvalue weighted by Gasteiger charge is -2.13. The fourth-order valence-electron chi connectivity index (χ4n) is 2.10. The number of benzene rings is 1. The molecule has 0 aliphatic rings. The first-order chi connectivity index (χ1) is 8.45. The maximum atomic E-state index is 9.46. The number of hydrogen-bond acceptors (Lipinski definition) is 4. The van der Waals surface area contributed by atoms with Crippen molar-refractivity contribution in [3.05, 3.63) is 40.6 Å². The molecule has 0 amide bonds. The van der Waals surface area contributed by atoms with Gasteiger partial charge in [0.15, 0.2) is 0 Å². The van der Waals surface area contributed by atoms with E-state index in [1.165, 1.54) is 11.6 Å². The van der Waals surface area contributed by atoms with E-state index in [4.69, 9.17) is 0 Å². The van der Waals surface area contributed by atoms with E-state index in [1.54, 1.807) is 0 Å². The van der Waals surface area contributed by atoms with Gasteiger partial charge in [0, 0.05) is 17.4 Å². The Labute approximate surface area is 107 Å². The van der Waals surface area contributed by atoms with Crippen LogP contribution in [-0.4, -0.2) is 15.1 Å². The van der Waals surface area contributed by atoms with E-state index in [-0.39, 0.29) is 5.88 Å². The third-order valence-electron chi connectivity index (χ3n) is 2.75. The summed E-state index contributed by atoms with van der Waals surface area (Å²) in [5, 5.41) is 12.6. The predicted molar refractivity (Wildman–Crippen MR) is 72.4 cm³/mol. The molecule has 2 aromatic rings. The molecule has 18 heavy (non-hydrogen) atoms. The molecule has 94 valence electrons. The Morgan fingerprint density at radius 2 is 1.56 bits per heavy atom. The lowest BCUT2D eigenvalue weighted by molar-refractivity contribution is 0.452. The zero-order valence-corrected chi connectivity index (χ0v) is 11.1. The Bertz CT molecular complexity index is 550. The number of rotatable bonds is 2. The number of nitrogens with zero attached hydrogens (tertiary/aromatic N) is 2. The molecule has 1 heterocycles. The summed E-state index contributed by atoms with van der Waals surface area (Å²) >= 11 is 0. The second kappa shape index (κ2) is 4.64. The molecular weight excluding hydrogens is 226 g/mol. The topological polar surface area (TPSA) is 58.0 Å². The largest absolute Gasteiger partial charge is 0.493 e. The lowest BCUT2D eigenvalue weighted by Crippen LogP contribution is -2.02. The summed E-state index contributed by atoms with van der Waals surface area (Å²) in [7, 11) is 0. The first kappa shape index (κ1) is 12.4. The Hall–Kier alpha value is -2.10. The molecule has 1 aromatic heterocycles. The number of hydrogen-bond donors (Lipinski definition) is 2. The van der Waals surface area contributed by atoms with Crippen LogP contribution < -0.4 is 5.32 Å². The van der Waals surface area contributed by atoms with Crippen LogP contribution >= 0.6 is 0 Å². The van der Waals surface area contributed by atoms with E-state index in [2.05, 4.69) is 34.3 Å². The van der Waals surface area contributed by atoms with Gasteiger partial charge in [0.2, 0.25) is 11.8 Å². The van der Waals surface area contributed by atoms with Gasteiger partial charge >= 0.3 is 0 Å². The van der Waals surface area contributed by atoms with E-state index in [1.807, 2.05) is 20.8 Å². The van der Waals surface area contributed by atoms with Gasteiger partial charge in [-0.3, -0.25) is 0 Å². The molecule has 0 spiro atoms. The van der Waals surface area contributed by atoms with Crippen LogP contribution in [0.1, 0.15) is 22.4 Å². The summed E-state index contributed by atoms with van der Waals surface area (Å²) in [6.45, 7) is 7.97. The van der Waals surface area contributed by atoms with Gasteiger partial charge < -0.3 is 10.4 Å². The molecular formula is C14H17N3O. The number of anilines is 2. The molecule has 0 aliphatic heterocycles. The maximum Gasteiger partial charge on any atom is 0.230 e. The minimum absolute atomic E-state index is 0.0209. The van der Waals surface area contributed by atoms with Crippen molar-refractivity contribution in [2.75, 3.05) is 5.32 Å². The van der Waals surface area contributed by atoms with E-state index in [0.29, 0.717) is 5.95 Å². The average molecular weight is 243 g/mol. The summed E-state index contributed by atoms with van der Waals surface area (Å²) in [6, 6.07) is 5.73. The molecule has 4 nitrogen and oxygen atoms in total. The second-order valence-electron chi connectivity index (χ2n) is 4.59. The fourth-order valence-corrected chi connectivity index (χ4v) is 2.10. The molecule has 0 unspecified atom stereocenters. The molecule has 0 fully saturated rings. The zero-order chi connectivity index (χ0) is 13.3. The van der Waals surface area contributed by atoms with Crippen molar-refractivity contribution in [3.8, 4) is 5.88 Å². The van der Waals surface area contributed by atoms with Crippen LogP contribution in [0.2, 0.25) is 0 Å². The molecule has 0 aliphatic carbocycles. The summed E-state index contributed by atoms with van der Waals surface area (Å²) in [5.74, 6) is 0.398. The van der Waals surface area contributed by atoms with Crippen molar-refractivity contribution in [1.82, 2.24) is 9.97 Å². The van der Waals surface area contributed by atoms with Gasteiger partial charge in [0.1, 0.15) is 0 Å². The SMILES string of the molecule is Cc1cc(C)c(Nc2nc(C)cc(O)n2)c(C)c1. The van der Waals surface area contributed by atoms with Crippen LogP contribution in [0.25, 0.3) is 0 Å². The maximum absolute atomic E-state index is 9.46. The number of aryl methyl sites for hydroxylation is 4. The van der Waals surface area contributed by atoms with Gasteiger partial charge in [-0.15, -0.1) is 0 Å². The van der Waals surface area contributed by atoms with Crippen molar-refractivity contribution in [1.29, 1.82) is 0 Å². The van der Waals surface area contributed by atoms with Gasteiger partial charge in [-0.2, -0.15) is 4.98 Å². The molecule has 2 rings (SSSR count). The van der Waals surface area contributed by atoms with E-state index in [9.17, 15) is 5.11 Å². The van der Waals surface area contributed by atoms with Crippen LogP contribution in [-0.2, 0) is 0 Å². The molecule has 4 heteroatoms. The summed E-state index contributed by atoms with van der Waals surface area (Å²) in [5.41, 5.74) is 5.22. The van der Waals surface area contributed by atoms with Crippen molar-refractivity contribution in [2.24, 2.45) is 0 Å². The standard InChI is InChI=1S/C14H17N3O/c1-8-5-9(2)13(10(3)6-8)17-14-15-11(4)7-12(18)16-14/h5-7H,1-4H3,(H2,15,16,17,18). The van der Waals surface area contributed by atoms with Crippen molar-refractivity contribution in [3.63, 3.8) is 0 Å². The Morgan fingerprint density at radius 3 is 2.11 bits per heavy atom. The quantitative estimate of drug-likeness (QED) is 0.850. The highest BCUT2D eigenvalue weighted by Gasteiger charge is 2.07. The van der Waals surface area contributed by atoms with Gasteiger partial charge in [0.05, 0.1) is 0 Å². The number of aromatic nitrogens is 2. The third-order valence-corrected chi connectivity index (χ3v) is 2.75. The third kappa shape index (κ3) is 2.59. The molecule has 0 radical (unpaired) electrons. The summed E-state index contributed by atoms with van der Waals surface area (Å²) in [4.78, 5) is 8.22. The summed E-state index contributed by atoms with van der Waals surface area (Å²) < 4.78 is 0. The van der Waals surface area contributed by atoms with E-state index < -0.39 is 0 Å². The Balaban J connectivity index is 2.40. The van der Waals surface area contributed by atoms with Crippen LogP contribution in [0, 0.1) is 27.7 Å². The van der Waals surface area contributed by atoms with E-state index >= 15 is 0 Å². The van der Waals surface area contributed by atoms with Gasteiger partial charge in [-0.05, 0) is 38.8 Å². The van der Waals surface area contributed by atoms with Gasteiger partial charge in [0.25, 0.3) is 0 Å². The first-order valence-corrected chi connectivity index (χ1v) is 5.85. The van der Waals surface area contributed by atoms with Crippen LogP contribution in [0.5, 0.6) is 5.88 Å². The van der Waals surface area contributed by atoms with E-state index in [0.717, 1.165) is 22.5 Å². The zero-order valence-electron chi connectivity index (χ0n) is 11.1. The summed E-state index contributed by atoms with van der Waals surface area (Å²) in [6.07, 6.45) is 0. The van der Waals surface area contributed by atoms with Crippen LogP contribution in [0.15, 0.2) is 18.2 Å². The first-order valence-electron chi connectivity index (χ1n) is 5.85. The smallest absolute Gasteiger partial charge is 0.230 e. The molecule has 0 atom stereocenters. The highest BCUT2D eigenvalue weighted by atomic mass is 16.3. The Morgan fingerprint density at radius 1 is 0.944 bits per heavy atom. The van der Waals surface area contributed by atoms with Gasteiger partial charge in [-0.25, -0.2) is 4.98 Å². The predicted octanol–water partition coefficient (Wildman–Crippen LogP) is 3.16. The molecule has 2 N–H and O–H groups in total. The lowest BCUT2D eigenvalue weighted by atomic mass is 10.1. The minimum atomic E-state index is -0.0209. The monoisotopic (exact) mass is 243 g/mol. The molecule has 0 saturated carbocycles.